The zero-order chi connectivity index (χ0) is 53.3. The second kappa shape index (κ2) is 21.7. The van der Waals surface area contributed by atoms with Crippen LogP contribution in [-0.2, 0) is 31.1 Å². The summed E-state index contributed by atoms with van der Waals surface area (Å²) in [5, 5.41) is 13.4. The maximum absolute atomic E-state index is 17.1. The summed E-state index contributed by atoms with van der Waals surface area (Å²) in [6.07, 6.45) is 5.17. The summed E-state index contributed by atoms with van der Waals surface area (Å²) >= 11 is 0. The van der Waals surface area contributed by atoms with Gasteiger partial charge in [-0.15, -0.1) is 0 Å². The molecule has 1 spiro atoms. The van der Waals surface area contributed by atoms with Gasteiger partial charge in [0.25, 0.3) is 0 Å². The Hall–Kier alpha value is -8.22. The lowest BCUT2D eigenvalue weighted by molar-refractivity contribution is -0.179. The molecule has 5 aliphatic heterocycles. The van der Waals surface area contributed by atoms with Crippen LogP contribution >= 0.6 is 0 Å². The van der Waals surface area contributed by atoms with Crippen molar-refractivity contribution in [2.75, 3.05) is 51.1 Å². The van der Waals surface area contributed by atoms with Gasteiger partial charge in [-0.3, -0.25) is 24.2 Å². The molecule has 396 valence electrons. The third-order valence-electron chi connectivity index (χ3n) is 16.3. The van der Waals surface area contributed by atoms with Crippen molar-refractivity contribution in [1.29, 1.82) is 0 Å². The molecule has 78 heavy (non-hydrogen) atoms. The van der Waals surface area contributed by atoms with Crippen LogP contribution in [0.2, 0.25) is 0 Å². The smallest absolute Gasteiger partial charge is 0.329 e. The molecule has 0 aromatic heterocycles. The molecule has 1 aliphatic carbocycles. The van der Waals surface area contributed by atoms with Gasteiger partial charge in [-0.1, -0.05) is 133 Å². The van der Waals surface area contributed by atoms with Crippen molar-refractivity contribution in [2.24, 2.45) is 5.92 Å². The zero-order valence-corrected chi connectivity index (χ0v) is 43.5. The summed E-state index contributed by atoms with van der Waals surface area (Å²) in [6, 6.07) is 42.8. The molecular formula is C64H61N5O9. The molecule has 4 amide bonds. The summed E-state index contributed by atoms with van der Waals surface area (Å²) in [7, 11) is 0. The quantitative estimate of drug-likeness (QED) is 0.0945. The molecule has 0 saturated carbocycles. The van der Waals surface area contributed by atoms with E-state index in [9.17, 15) is 5.11 Å². The number of amides is 4. The molecule has 6 aromatic rings. The van der Waals surface area contributed by atoms with E-state index in [4.69, 9.17) is 18.9 Å². The fourth-order valence-corrected chi connectivity index (χ4v) is 12.7. The minimum atomic E-state index is -2.02. The SMILES string of the molecule is CC(NC(=O)N1C(=O)C2(c3cc(C#CC4=CCCCC4)ccc31)C(C(=O)N1CCN(Cc3ccc4c(c3)OCO4)CC1)C1C(=O)OC(c3ccccc3)C(c3ccccc3)N1C2c1ccccc1OCCO)c1ccccc1. The average Bonchev–Trinajstić information content (AvgIpc) is 4.22. The van der Waals surface area contributed by atoms with Crippen LogP contribution in [0.1, 0.15) is 95.8 Å². The highest BCUT2D eigenvalue weighted by Crippen LogP contribution is 2.67. The Balaban J connectivity index is 1.07. The molecule has 14 nitrogen and oxygen atoms in total. The number of morpholine rings is 1. The van der Waals surface area contributed by atoms with Gasteiger partial charge in [-0.25, -0.2) is 9.69 Å². The molecule has 7 unspecified atom stereocenters. The van der Waals surface area contributed by atoms with Gasteiger partial charge >= 0.3 is 12.0 Å². The topological polar surface area (TPSA) is 150 Å². The number of carbonyl (C=O) groups excluding carboxylic acids is 4. The Bertz CT molecular complexity index is 3340. The Morgan fingerprint density at radius 3 is 2.24 bits per heavy atom. The molecule has 2 N–H and O–H groups in total. The third kappa shape index (κ3) is 9.15. The van der Waals surface area contributed by atoms with Crippen LogP contribution in [0, 0.1) is 17.8 Å². The molecule has 0 bridgehead atoms. The van der Waals surface area contributed by atoms with E-state index in [2.05, 4.69) is 28.1 Å². The molecule has 6 aromatic carbocycles. The largest absolute Gasteiger partial charge is 0.491 e. The van der Waals surface area contributed by atoms with E-state index in [0.29, 0.717) is 59.1 Å². The lowest BCUT2D eigenvalue weighted by Crippen LogP contribution is -2.59. The van der Waals surface area contributed by atoms with Crippen molar-refractivity contribution in [1.82, 2.24) is 20.0 Å². The normalized spacial score (nSPS) is 23.9. The number of esters is 1. The Morgan fingerprint density at radius 2 is 1.50 bits per heavy atom. The standard InChI is InChI=1S/C64H61N5O9/c1-42(46-18-8-3-9-19-46)65-63(74)68-51-30-28-44(27-26-43-16-6-2-7-17-43)38-50(51)64(62(68)73)55(60(71)67-34-32-66(33-35-67)40-45-29-31-53-54(39-45)77-41-76-53)57-61(72)78-58(48-22-12-5-13-23-48)56(47-20-10-4-11-21-47)69(57)59(64)49-24-14-15-25-52(49)75-37-36-70/h3-5,8-16,18-25,28-31,38-39,42,55-59,70H,2,6-7,17,32-37,40-41H2,1H3,(H,65,74). The predicted molar refractivity (Wildman–Crippen MR) is 292 cm³/mol. The van der Waals surface area contributed by atoms with Crippen molar-refractivity contribution in [3.05, 3.63) is 202 Å². The summed E-state index contributed by atoms with van der Waals surface area (Å²) in [5.41, 5.74) is 4.08. The number of aliphatic hydroxyl groups is 1. The van der Waals surface area contributed by atoms with E-state index >= 15 is 19.2 Å². The monoisotopic (exact) mass is 1040 g/mol. The third-order valence-corrected chi connectivity index (χ3v) is 16.3. The number of cyclic esters (lactones) is 1. The van der Waals surface area contributed by atoms with Gasteiger partial charge in [-0.05, 0) is 102 Å². The summed E-state index contributed by atoms with van der Waals surface area (Å²) in [6.45, 7) is 3.80. The van der Waals surface area contributed by atoms with Crippen LogP contribution in [0.3, 0.4) is 0 Å². The van der Waals surface area contributed by atoms with Crippen LogP contribution in [0.5, 0.6) is 17.2 Å². The van der Waals surface area contributed by atoms with E-state index < -0.39 is 65.4 Å². The number of carbonyl (C=O) groups is 4. The maximum Gasteiger partial charge on any atom is 0.329 e. The number of fused-ring (bicyclic) bond motifs is 4. The lowest BCUT2D eigenvalue weighted by Gasteiger charge is -2.46. The highest BCUT2D eigenvalue weighted by atomic mass is 16.7. The van der Waals surface area contributed by atoms with E-state index in [1.807, 2.05) is 151 Å². The number of piperazine rings is 1. The number of hydrogen-bond acceptors (Lipinski definition) is 11. The van der Waals surface area contributed by atoms with Crippen molar-refractivity contribution >= 4 is 29.5 Å². The number of rotatable bonds is 11. The molecule has 12 rings (SSSR count). The zero-order valence-electron chi connectivity index (χ0n) is 43.5. The number of urea groups is 1. The highest BCUT2D eigenvalue weighted by Gasteiger charge is 2.76. The molecule has 7 atom stereocenters. The van der Waals surface area contributed by atoms with E-state index in [-0.39, 0.29) is 38.8 Å². The molecule has 14 heteroatoms. The fraction of sp³-hybridized carbons (Fsp3) is 0.312. The van der Waals surface area contributed by atoms with Crippen LogP contribution in [-0.4, -0.2) is 95.8 Å². The number of imide groups is 1. The van der Waals surface area contributed by atoms with Crippen LogP contribution < -0.4 is 24.4 Å². The summed E-state index contributed by atoms with van der Waals surface area (Å²) in [5.74, 6) is 5.32. The van der Waals surface area contributed by atoms with Crippen molar-refractivity contribution in [3.8, 4) is 29.1 Å². The minimum Gasteiger partial charge on any atom is -0.491 e. The van der Waals surface area contributed by atoms with Gasteiger partial charge in [0.1, 0.15) is 29.9 Å². The summed E-state index contributed by atoms with van der Waals surface area (Å²) in [4.78, 5) is 72.3. The number of benzene rings is 6. The second-order valence-electron chi connectivity index (χ2n) is 20.8. The number of anilines is 1. The first kappa shape index (κ1) is 50.6. The van der Waals surface area contributed by atoms with E-state index in [0.717, 1.165) is 47.9 Å². The molecule has 0 radical (unpaired) electrons. The van der Waals surface area contributed by atoms with Gasteiger partial charge in [0.05, 0.1) is 36.3 Å². The predicted octanol–water partition coefficient (Wildman–Crippen LogP) is 9.12. The van der Waals surface area contributed by atoms with Crippen LogP contribution in [0.4, 0.5) is 10.5 Å². The van der Waals surface area contributed by atoms with E-state index in [1.54, 1.807) is 17.0 Å². The summed E-state index contributed by atoms with van der Waals surface area (Å²) < 4.78 is 24.5. The molecule has 5 heterocycles. The number of hydrogen-bond donors (Lipinski definition) is 2. The lowest BCUT2D eigenvalue weighted by atomic mass is 9.64. The Kier molecular flexibility index (Phi) is 14.0. The van der Waals surface area contributed by atoms with Crippen molar-refractivity contribution in [3.63, 3.8) is 0 Å². The second-order valence-corrected chi connectivity index (χ2v) is 20.8. The number of nitrogens with one attached hydrogen (secondary N) is 1. The number of aliphatic hydroxyl groups excluding tert-OH is 1. The number of para-hydroxylation sites is 1. The first-order chi connectivity index (χ1) is 38.2. The number of nitrogens with zero attached hydrogens (tertiary/aromatic N) is 4. The molecule has 6 aliphatic rings. The fourth-order valence-electron chi connectivity index (χ4n) is 12.7. The van der Waals surface area contributed by atoms with E-state index in [1.165, 1.54) is 4.90 Å². The average molecular weight is 1040 g/mol. The van der Waals surface area contributed by atoms with Gasteiger partial charge < -0.3 is 34.3 Å². The Labute approximate surface area is 454 Å². The van der Waals surface area contributed by atoms with Gasteiger partial charge in [0, 0.05) is 43.9 Å². The van der Waals surface area contributed by atoms with Crippen molar-refractivity contribution < 1.29 is 43.2 Å². The molecular weight excluding hydrogens is 983 g/mol. The molecule has 3 saturated heterocycles. The number of ether oxygens (including phenoxy) is 4. The minimum absolute atomic E-state index is 0.0815. The Morgan fingerprint density at radius 1 is 0.782 bits per heavy atom. The first-order valence-electron chi connectivity index (χ1n) is 27.1. The van der Waals surface area contributed by atoms with Gasteiger partial charge in [-0.2, -0.15) is 0 Å². The van der Waals surface area contributed by atoms with Gasteiger partial charge in [0.15, 0.2) is 11.5 Å². The van der Waals surface area contributed by atoms with Crippen molar-refractivity contribution in [2.45, 2.75) is 74.8 Å². The van der Waals surface area contributed by atoms with Crippen LogP contribution in [0.25, 0.3) is 0 Å². The maximum atomic E-state index is 17.1. The highest BCUT2D eigenvalue weighted by molar-refractivity contribution is 6.24. The molecule has 3 fully saturated rings. The van der Waals surface area contributed by atoms with Gasteiger partial charge in [0.2, 0.25) is 18.6 Å². The number of allylic oxidation sites excluding steroid dienone is 2. The van der Waals surface area contributed by atoms with Crippen LogP contribution in [0.15, 0.2) is 163 Å². The first-order valence-corrected chi connectivity index (χ1v) is 27.1.